The van der Waals surface area contributed by atoms with Gasteiger partial charge in [-0.3, -0.25) is 4.21 Å². The summed E-state index contributed by atoms with van der Waals surface area (Å²) in [5.41, 5.74) is 0. The van der Waals surface area contributed by atoms with Gasteiger partial charge in [-0.15, -0.1) is 11.4 Å². The lowest BCUT2D eigenvalue weighted by Crippen LogP contribution is -1.76. The number of hydrogen-bond donors (Lipinski definition) is 2. The average molecular weight is 188 g/mol. The van der Waals surface area contributed by atoms with Crippen molar-refractivity contribution < 1.29 is 18.1 Å². The van der Waals surface area contributed by atoms with E-state index in [0.29, 0.717) is 0 Å². The van der Waals surface area contributed by atoms with E-state index in [1.54, 1.807) is 0 Å². The summed E-state index contributed by atoms with van der Waals surface area (Å²) in [5.74, 6) is 0. The summed E-state index contributed by atoms with van der Waals surface area (Å²) in [7, 11) is 0. The largest absolute Gasteiger partial charge is 0.784 e. The first-order valence-corrected chi connectivity index (χ1v) is 3.58. The Hall–Kier alpha value is -0.0500. The van der Waals surface area contributed by atoms with Crippen LogP contribution < -0.4 is 12.3 Å². The SMILES string of the molecule is C1CCOC1.O=S([O-])[O-].[NH4+].[NH4+]. The fraction of sp³-hybridized carbons (Fsp3) is 1.00. The van der Waals surface area contributed by atoms with Crippen LogP contribution in [0.1, 0.15) is 12.8 Å². The molecule has 1 aliphatic rings. The molecule has 0 amide bonds. The average Bonchev–Trinajstić information content (AvgIpc) is 2.11. The van der Waals surface area contributed by atoms with Gasteiger partial charge in [-0.2, -0.15) is 0 Å². The minimum Gasteiger partial charge on any atom is -0.784 e. The van der Waals surface area contributed by atoms with E-state index >= 15 is 0 Å². The molecule has 6 nitrogen and oxygen atoms in total. The Bertz CT molecular complexity index is 76.6. The van der Waals surface area contributed by atoms with Gasteiger partial charge in [0.15, 0.2) is 0 Å². The molecular formula is C4H16N2O4S. The second-order valence-electron chi connectivity index (χ2n) is 1.52. The first kappa shape index (κ1) is 17.2. The highest BCUT2D eigenvalue weighted by atomic mass is 32.2. The number of rotatable bonds is 0. The Morgan fingerprint density at radius 2 is 1.36 bits per heavy atom. The highest BCUT2D eigenvalue weighted by molar-refractivity contribution is 7.72. The molecule has 8 N–H and O–H groups in total. The van der Waals surface area contributed by atoms with Gasteiger partial charge in [0, 0.05) is 13.2 Å². The summed E-state index contributed by atoms with van der Waals surface area (Å²) in [5, 5.41) is 0. The molecule has 1 fully saturated rings. The smallest absolute Gasteiger partial charge is 0.0466 e. The summed E-state index contributed by atoms with van der Waals surface area (Å²) >= 11 is -3.11. The molecule has 1 aliphatic heterocycles. The van der Waals surface area contributed by atoms with Gasteiger partial charge in [0.05, 0.1) is 0 Å². The monoisotopic (exact) mass is 188 g/mol. The lowest BCUT2D eigenvalue weighted by Gasteiger charge is -2.03. The summed E-state index contributed by atoms with van der Waals surface area (Å²) < 4.78 is 30.3. The van der Waals surface area contributed by atoms with E-state index < -0.39 is 11.4 Å². The van der Waals surface area contributed by atoms with Gasteiger partial charge >= 0.3 is 0 Å². The summed E-state index contributed by atoms with van der Waals surface area (Å²) in [6.07, 6.45) is 2.56. The predicted molar refractivity (Wildman–Crippen MR) is 41.7 cm³/mol. The molecule has 72 valence electrons. The van der Waals surface area contributed by atoms with Crippen LogP contribution in [0.2, 0.25) is 0 Å². The topological polar surface area (TPSA) is 145 Å². The molecule has 1 saturated heterocycles. The molecule has 0 aromatic rings. The highest BCUT2D eigenvalue weighted by Gasteiger charge is 1.94. The van der Waals surface area contributed by atoms with E-state index in [2.05, 4.69) is 0 Å². The van der Waals surface area contributed by atoms with E-state index in [1.165, 1.54) is 12.8 Å². The van der Waals surface area contributed by atoms with E-state index in [4.69, 9.17) is 18.1 Å². The van der Waals surface area contributed by atoms with Crippen molar-refractivity contribution in [1.29, 1.82) is 0 Å². The molecule has 0 aliphatic carbocycles. The summed E-state index contributed by atoms with van der Waals surface area (Å²) in [4.78, 5) is 0. The molecule has 0 aromatic carbocycles. The van der Waals surface area contributed by atoms with Gasteiger partial charge in [-0.25, -0.2) is 0 Å². The van der Waals surface area contributed by atoms with E-state index in [-0.39, 0.29) is 12.3 Å². The third-order valence-electron chi connectivity index (χ3n) is 0.827. The van der Waals surface area contributed by atoms with Crippen LogP contribution in [-0.2, 0) is 16.1 Å². The third-order valence-corrected chi connectivity index (χ3v) is 0.827. The minimum absolute atomic E-state index is 0. The number of quaternary nitrogens is 2. The third kappa shape index (κ3) is 25.7. The Morgan fingerprint density at radius 3 is 1.45 bits per heavy atom. The van der Waals surface area contributed by atoms with Crippen LogP contribution in [0.25, 0.3) is 0 Å². The standard InChI is InChI=1S/C4H8O.2H3N.H2O3S/c1-2-4-5-3-1;;;1-4(2)3/h1-4H2;2*1H3;(H2,1,2,3). The Kier molecular flexibility index (Phi) is 19.7. The maximum atomic E-state index is 8.44. The van der Waals surface area contributed by atoms with Crippen LogP contribution in [0.4, 0.5) is 0 Å². The van der Waals surface area contributed by atoms with Gasteiger partial charge in [-0.05, 0) is 12.8 Å². The van der Waals surface area contributed by atoms with Crippen molar-refractivity contribution in [2.24, 2.45) is 0 Å². The van der Waals surface area contributed by atoms with Gasteiger partial charge < -0.3 is 26.1 Å². The van der Waals surface area contributed by atoms with E-state index in [0.717, 1.165) is 13.2 Å². The van der Waals surface area contributed by atoms with Crippen LogP contribution in [-0.4, -0.2) is 26.5 Å². The van der Waals surface area contributed by atoms with Crippen molar-refractivity contribution in [3.8, 4) is 0 Å². The molecule has 0 bridgehead atoms. The predicted octanol–water partition coefficient (Wildman–Crippen LogP) is 0.545. The summed E-state index contributed by atoms with van der Waals surface area (Å²) in [6, 6.07) is 0. The fourth-order valence-corrected chi connectivity index (χ4v) is 0.510. The van der Waals surface area contributed by atoms with Crippen molar-refractivity contribution in [1.82, 2.24) is 12.3 Å². The van der Waals surface area contributed by atoms with Gasteiger partial charge in [0.25, 0.3) is 0 Å². The Balaban J connectivity index is -0.000000101. The first-order chi connectivity index (χ1) is 4.23. The molecule has 0 saturated carbocycles. The van der Waals surface area contributed by atoms with Crippen molar-refractivity contribution >= 4 is 11.4 Å². The molecule has 11 heavy (non-hydrogen) atoms. The Morgan fingerprint density at radius 1 is 1.09 bits per heavy atom. The fourth-order valence-electron chi connectivity index (χ4n) is 0.510. The molecule has 1 heterocycles. The maximum Gasteiger partial charge on any atom is 0.0466 e. The minimum atomic E-state index is -3.11. The van der Waals surface area contributed by atoms with Crippen LogP contribution in [0.5, 0.6) is 0 Å². The molecular weight excluding hydrogens is 172 g/mol. The first-order valence-electron chi connectivity index (χ1n) is 2.58. The zero-order valence-electron chi connectivity index (χ0n) is 6.87. The van der Waals surface area contributed by atoms with Crippen LogP contribution in [0.15, 0.2) is 0 Å². The summed E-state index contributed by atoms with van der Waals surface area (Å²) in [6.45, 7) is 2.00. The zero-order valence-corrected chi connectivity index (χ0v) is 7.69. The molecule has 0 atom stereocenters. The van der Waals surface area contributed by atoms with Crippen LogP contribution in [0, 0.1) is 0 Å². The molecule has 0 unspecified atom stereocenters. The van der Waals surface area contributed by atoms with Crippen molar-refractivity contribution in [3.63, 3.8) is 0 Å². The molecule has 0 radical (unpaired) electrons. The molecule has 0 spiro atoms. The second-order valence-corrected chi connectivity index (χ2v) is 1.93. The number of hydrogen-bond acceptors (Lipinski definition) is 4. The quantitative estimate of drug-likeness (QED) is 0.534. The van der Waals surface area contributed by atoms with Gasteiger partial charge in [0.2, 0.25) is 0 Å². The zero-order chi connectivity index (χ0) is 7.11. The maximum absolute atomic E-state index is 8.44. The second kappa shape index (κ2) is 12.6. The van der Waals surface area contributed by atoms with Gasteiger partial charge in [-0.1, -0.05) is 0 Å². The van der Waals surface area contributed by atoms with Crippen molar-refractivity contribution in [2.75, 3.05) is 13.2 Å². The number of ether oxygens (including phenoxy) is 1. The lowest BCUT2D eigenvalue weighted by molar-refractivity contribution is 0.198. The highest BCUT2D eigenvalue weighted by Crippen LogP contribution is 1.98. The van der Waals surface area contributed by atoms with Crippen molar-refractivity contribution in [3.05, 3.63) is 0 Å². The van der Waals surface area contributed by atoms with Crippen LogP contribution >= 0.6 is 0 Å². The molecule has 7 heteroatoms. The van der Waals surface area contributed by atoms with Gasteiger partial charge in [0.1, 0.15) is 0 Å². The van der Waals surface area contributed by atoms with Crippen molar-refractivity contribution in [2.45, 2.75) is 12.8 Å². The van der Waals surface area contributed by atoms with E-state index in [9.17, 15) is 0 Å². The Labute approximate surface area is 68.6 Å². The molecule has 1 rings (SSSR count). The van der Waals surface area contributed by atoms with Crippen LogP contribution in [0.3, 0.4) is 0 Å². The normalized spacial score (nSPS) is 14.1. The van der Waals surface area contributed by atoms with E-state index in [1.807, 2.05) is 0 Å². The lowest BCUT2D eigenvalue weighted by atomic mass is 10.4. The molecule has 0 aromatic heterocycles.